The minimum absolute atomic E-state index is 0.101. The average Bonchev–Trinajstić information content (AvgIpc) is 2.33. The standard InChI is InChI=1S/C12H23F3N2O2/c1-4-10(5-2)17(9-12(13,14)15)11(18)8-16-6-7-19-3/h10,16H,4-9H2,1-3H3. The highest BCUT2D eigenvalue weighted by atomic mass is 19.4. The molecule has 0 heterocycles. The normalized spacial score (nSPS) is 11.9. The van der Waals surface area contributed by atoms with Crippen molar-refractivity contribution < 1.29 is 22.7 Å². The minimum atomic E-state index is -4.37. The number of ether oxygens (including phenoxy) is 1. The summed E-state index contributed by atoms with van der Waals surface area (Å²) < 4.78 is 42.3. The molecular weight excluding hydrogens is 261 g/mol. The zero-order chi connectivity index (χ0) is 14.9. The predicted molar refractivity (Wildman–Crippen MR) is 66.9 cm³/mol. The molecule has 1 N–H and O–H groups in total. The van der Waals surface area contributed by atoms with Crippen molar-refractivity contribution >= 4 is 5.91 Å². The van der Waals surface area contributed by atoms with Gasteiger partial charge in [0.25, 0.3) is 0 Å². The van der Waals surface area contributed by atoms with Gasteiger partial charge in [-0.15, -0.1) is 0 Å². The van der Waals surface area contributed by atoms with Crippen LogP contribution in [0.25, 0.3) is 0 Å². The van der Waals surface area contributed by atoms with Crippen LogP contribution in [0.15, 0.2) is 0 Å². The van der Waals surface area contributed by atoms with E-state index < -0.39 is 18.6 Å². The smallest absolute Gasteiger partial charge is 0.383 e. The second kappa shape index (κ2) is 9.14. The van der Waals surface area contributed by atoms with Crippen LogP contribution in [0.1, 0.15) is 26.7 Å². The van der Waals surface area contributed by atoms with Gasteiger partial charge in [-0.2, -0.15) is 13.2 Å². The summed E-state index contributed by atoms with van der Waals surface area (Å²) in [5.74, 6) is -0.526. The van der Waals surface area contributed by atoms with Crippen molar-refractivity contribution in [1.82, 2.24) is 10.2 Å². The molecule has 0 fully saturated rings. The van der Waals surface area contributed by atoms with Gasteiger partial charge in [0.2, 0.25) is 5.91 Å². The molecule has 0 unspecified atom stereocenters. The summed E-state index contributed by atoms with van der Waals surface area (Å²) in [5, 5.41) is 2.77. The summed E-state index contributed by atoms with van der Waals surface area (Å²) in [6.45, 7) is 3.12. The molecular formula is C12H23F3N2O2. The molecule has 0 aromatic rings. The lowest BCUT2D eigenvalue weighted by atomic mass is 10.1. The minimum Gasteiger partial charge on any atom is -0.383 e. The number of halogens is 3. The van der Waals surface area contributed by atoms with E-state index in [1.54, 1.807) is 13.8 Å². The first kappa shape index (κ1) is 18.2. The Morgan fingerprint density at radius 1 is 1.32 bits per heavy atom. The van der Waals surface area contributed by atoms with E-state index in [0.717, 1.165) is 4.90 Å². The van der Waals surface area contributed by atoms with Gasteiger partial charge in [-0.3, -0.25) is 4.79 Å². The van der Waals surface area contributed by atoms with E-state index in [-0.39, 0.29) is 12.6 Å². The van der Waals surface area contributed by atoms with Crippen LogP contribution in [0.5, 0.6) is 0 Å². The van der Waals surface area contributed by atoms with E-state index in [2.05, 4.69) is 5.32 Å². The zero-order valence-electron chi connectivity index (χ0n) is 11.7. The molecule has 0 aliphatic heterocycles. The Labute approximate surface area is 112 Å². The first-order valence-corrected chi connectivity index (χ1v) is 6.41. The first-order valence-electron chi connectivity index (χ1n) is 6.41. The van der Waals surface area contributed by atoms with Gasteiger partial charge in [0.15, 0.2) is 0 Å². The fourth-order valence-corrected chi connectivity index (χ4v) is 1.81. The maximum atomic E-state index is 12.5. The summed E-state index contributed by atoms with van der Waals surface area (Å²) in [4.78, 5) is 12.8. The van der Waals surface area contributed by atoms with E-state index in [1.807, 2.05) is 0 Å². The van der Waals surface area contributed by atoms with Gasteiger partial charge in [-0.05, 0) is 12.8 Å². The molecule has 7 heteroatoms. The van der Waals surface area contributed by atoms with Crippen LogP contribution in [0.2, 0.25) is 0 Å². The number of methoxy groups -OCH3 is 1. The highest BCUT2D eigenvalue weighted by Gasteiger charge is 2.35. The number of nitrogens with zero attached hydrogens (tertiary/aromatic N) is 1. The monoisotopic (exact) mass is 284 g/mol. The maximum Gasteiger partial charge on any atom is 0.406 e. The quantitative estimate of drug-likeness (QED) is 0.656. The molecule has 1 amide bonds. The third-order valence-electron chi connectivity index (χ3n) is 2.81. The lowest BCUT2D eigenvalue weighted by Gasteiger charge is -2.31. The summed E-state index contributed by atoms with van der Waals surface area (Å²) in [5.41, 5.74) is 0. The van der Waals surface area contributed by atoms with Gasteiger partial charge in [-0.25, -0.2) is 0 Å². The zero-order valence-corrected chi connectivity index (χ0v) is 11.7. The summed E-state index contributed by atoms with van der Waals surface area (Å²) in [7, 11) is 1.52. The van der Waals surface area contributed by atoms with Crippen LogP contribution in [0.3, 0.4) is 0 Å². The van der Waals surface area contributed by atoms with Crippen LogP contribution in [-0.2, 0) is 9.53 Å². The predicted octanol–water partition coefficient (Wildman–Crippen LogP) is 1.80. The van der Waals surface area contributed by atoms with Gasteiger partial charge in [-0.1, -0.05) is 13.8 Å². The van der Waals surface area contributed by atoms with Crippen molar-refractivity contribution in [1.29, 1.82) is 0 Å². The van der Waals surface area contributed by atoms with Crippen LogP contribution in [-0.4, -0.2) is 56.4 Å². The molecule has 0 atom stereocenters. The van der Waals surface area contributed by atoms with Crippen LogP contribution >= 0.6 is 0 Å². The number of rotatable bonds is 9. The van der Waals surface area contributed by atoms with Crippen molar-refractivity contribution in [3.05, 3.63) is 0 Å². The average molecular weight is 284 g/mol. The molecule has 0 aromatic heterocycles. The summed E-state index contributed by atoms with van der Waals surface area (Å²) in [6.07, 6.45) is -3.35. The van der Waals surface area contributed by atoms with E-state index >= 15 is 0 Å². The van der Waals surface area contributed by atoms with E-state index in [4.69, 9.17) is 4.74 Å². The lowest BCUT2D eigenvalue weighted by molar-refractivity contribution is -0.165. The molecule has 0 rings (SSSR count). The molecule has 0 aliphatic rings. The van der Waals surface area contributed by atoms with E-state index in [0.29, 0.717) is 26.0 Å². The Balaban J connectivity index is 4.50. The van der Waals surface area contributed by atoms with Crippen molar-refractivity contribution in [2.75, 3.05) is 33.4 Å². The number of alkyl halides is 3. The van der Waals surface area contributed by atoms with Crippen molar-refractivity contribution in [3.63, 3.8) is 0 Å². The number of carbonyl (C=O) groups is 1. The van der Waals surface area contributed by atoms with Crippen molar-refractivity contribution in [3.8, 4) is 0 Å². The fourth-order valence-electron chi connectivity index (χ4n) is 1.81. The number of hydrogen-bond acceptors (Lipinski definition) is 3. The molecule has 0 bridgehead atoms. The first-order chi connectivity index (χ1) is 8.85. The third-order valence-corrected chi connectivity index (χ3v) is 2.81. The summed E-state index contributed by atoms with van der Waals surface area (Å²) in [6, 6.07) is -0.377. The van der Waals surface area contributed by atoms with Gasteiger partial charge in [0, 0.05) is 19.7 Å². The van der Waals surface area contributed by atoms with Crippen LogP contribution in [0, 0.1) is 0 Å². The summed E-state index contributed by atoms with van der Waals surface area (Å²) >= 11 is 0. The Morgan fingerprint density at radius 2 is 1.89 bits per heavy atom. The lowest BCUT2D eigenvalue weighted by Crippen LogP contribution is -2.48. The SMILES string of the molecule is CCC(CC)N(CC(F)(F)F)C(=O)CNCCOC. The van der Waals surface area contributed by atoms with Crippen molar-refractivity contribution in [2.45, 2.75) is 38.9 Å². The van der Waals surface area contributed by atoms with Crippen LogP contribution in [0.4, 0.5) is 13.2 Å². The molecule has 0 radical (unpaired) electrons. The molecule has 19 heavy (non-hydrogen) atoms. The number of carbonyl (C=O) groups excluding carboxylic acids is 1. The number of hydrogen-bond donors (Lipinski definition) is 1. The second-order valence-corrected chi connectivity index (χ2v) is 4.28. The van der Waals surface area contributed by atoms with E-state index in [9.17, 15) is 18.0 Å². The van der Waals surface area contributed by atoms with Gasteiger partial charge >= 0.3 is 6.18 Å². The Kier molecular flexibility index (Phi) is 8.75. The molecule has 4 nitrogen and oxygen atoms in total. The largest absolute Gasteiger partial charge is 0.406 e. The number of nitrogens with one attached hydrogen (secondary N) is 1. The molecule has 0 saturated carbocycles. The van der Waals surface area contributed by atoms with Gasteiger partial charge in [0.1, 0.15) is 6.54 Å². The van der Waals surface area contributed by atoms with Gasteiger partial charge in [0.05, 0.1) is 13.2 Å². The maximum absolute atomic E-state index is 12.5. The van der Waals surface area contributed by atoms with E-state index in [1.165, 1.54) is 7.11 Å². The molecule has 0 aliphatic carbocycles. The second-order valence-electron chi connectivity index (χ2n) is 4.28. The highest BCUT2D eigenvalue weighted by molar-refractivity contribution is 5.78. The topological polar surface area (TPSA) is 41.6 Å². The molecule has 0 spiro atoms. The Hall–Kier alpha value is -0.820. The third kappa shape index (κ3) is 8.05. The molecule has 0 saturated heterocycles. The molecule has 114 valence electrons. The van der Waals surface area contributed by atoms with Crippen LogP contribution < -0.4 is 5.32 Å². The molecule has 0 aromatic carbocycles. The number of amides is 1. The highest BCUT2D eigenvalue weighted by Crippen LogP contribution is 2.20. The Bertz CT molecular complexity index is 256. The van der Waals surface area contributed by atoms with Gasteiger partial charge < -0.3 is 15.0 Å². The Morgan fingerprint density at radius 3 is 2.32 bits per heavy atom. The van der Waals surface area contributed by atoms with Crippen molar-refractivity contribution in [2.24, 2.45) is 0 Å². The fraction of sp³-hybridized carbons (Fsp3) is 0.917.